The SMILES string of the molecule is [N-]=[N+]=NS(=O)(=O)[n+]1cc[nH]c1. The molecule has 0 aliphatic heterocycles. The lowest BCUT2D eigenvalue weighted by molar-refractivity contribution is -0.509. The summed E-state index contributed by atoms with van der Waals surface area (Å²) in [6.45, 7) is 0. The van der Waals surface area contributed by atoms with Crippen molar-refractivity contribution in [2.24, 2.45) is 4.52 Å². The second-order valence-corrected chi connectivity index (χ2v) is 3.07. The van der Waals surface area contributed by atoms with Gasteiger partial charge in [-0.25, -0.2) is 4.98 Å². The largest absolute Gasteiger partial charge is 0.398 e. The molecule has 0 unspecified atom stereocenters. The molecule has 1 aromatic heterocycles. The highest BCUT2D eigenvalue weighted by atomic mass is 32.2. The molecule has 0 amide bonds. The molecule has 1 heterocycles. The first-order chi connectivity index (χ1) is 5.17. The van der Waals surface area contributed by atoms with Crippen molar-refractivity contribution in [2.45, 2.75) is 0 Å². The summed E-state index contributed by atoms with van der Waals surface area (Å²) in [5.41, 5.74) is 7.86. The van der Waals surface area contributed by atoms with Crippen molar-refractivity contribution in [3.05, 3.63) is 29.2 Å². The number of aromatic nitrogens is 2. The van der Waals surface area contributed by atoms with E-state index in [4.69, 9.17) is 5.53 Å². The normalized spacial score (nSPS) is 10.5. The fraction of sp³-hybridized carbons (Fsp3) is 0. The molecule has 0 saturated carbocycles. The molecule has 0 fully saturated rings. The number of nitrogens with one attached hydrogen (secondary N) is 1. The molecular weight excluding hydrogens is 170 g/mol. The number of aromatic amines is 1. The highest BCUT2D eigenvalue weighted by Gasteiger charge is 2.14. The molecule has 0 spiro atoms. The van der Waals surface area contributed by atoms with E-state index in [-0.39, 0.29) is 0 Å². The van der Waals surface area contributed by atoms with E-state index >= 15 is 0 Å². The Morgan fingerprint density at radius 3 is 2.82 bits per heavy atom. The van der Waals surface area contributed by atoms with E-state index in [1.165, 1.54) is 12.4 Å². The number of H-pyrrole nitrogens is 1. The lowest BCUT2D eigenvalue weighted by Gasteiger charge is -1.84. The van der Waals surface area contributed by atoms with Crippen LogP contribution in [0.2, 0.25) is 0 Å². The van der Waals surface area contributed by atoms with E-state index in [0.29, 0.717) is 0 Å². The van der Waals surface area contributed by atoms with Gasteiger partial charge in [0.1, 0.15) is 12.4 Å². The van der Waals surface area contributed by atoms with E-state index in [0.717, 1.165) is 10.3 Å². The van der Waals surface area contributed by atoms with Crippen molar-refractivity contribution in [3.63, 3.8) is 0 Å². The van der Waals surface area contributed by atoms with E-state index in [2.05, 4.69) is 14.4 Å². The Morgan fingerprint density at radius 2 is 2.36 bits per heavy atom. The van der Waals surface area contributed by atoms with Gasteiger partial charge < -0.3 is 0 Å². The topological polar surface area (TPSA) is 103 Å². The zero-order chi connectivity index (χ0) is 8.32. The number of hydrogen-bond acceptors (Lipinski definition) is 2. The van der Waals surface area contributed by atoms with Crippen LogP contribution in [0.25, 0.3) is 10.4 Å². The first-order valence-corrected chi connectivity index (χ1v) is 3.92. The van der Waals surface area contributed by atoms with Crippen molar-refractivity contribution in [1.82, 2.24) is 4.98 Å². The minimum absolute atomic E-state index is 0.771. The lowest BCUT2D eigenvalue weighted by Crippen LogP contribution is -2.38. The zero-order valence-corrected chi connectivity index (χ0v) is 6.06. The summed E-state index contributed by atoms with van der Waals surface area (Å²) in [4.78, 5) is 4.66. The smallest absolute Gasteiger partial charge is 0.249 e. The van der Waals surface area contributed by atoms with Gasteiger partial charge in [-0.15, -0.1) is 3.97 Å². The van der Waals surface area contributed by atoms with Crippen LogP contribution < -0.4 is 3.97 Å². The van der Waals surface area contributed by atoms with Gasteiger partial charge in [-0.2, -0.15) is 8.42 Å². The highest BCUT2D eigenvalue weighted by Crippen LogP contribution is 1.85. The number of imidazole rings is 1. The molecule has 11 heavy (non-hydrogen) atoms. The standard InChI is InChI=1S/C3H3N5O2S/c4-6-7-11(9,10)8-2-1-5-3-8/h1-3H/p+1. The fourth-order valence-corrected chi connectivity index (χ4v) is 1.09. The number of hydrogen-bond donors (Lipinski definition) is 1. The molecule has 7 nitrogen and oxygen atoms in total. The van der Waals surface area contributed by atoms with E-state index in [1.54, 1.807) is 0 Å². The Balaban J connectivity index is 3.22. The van der Waals surface area contributed by atoms with Crippen LogP contribution in [-0.2, 0) is 10.2 Å². The molecule has 0 aliphatic rings. The molecule has 1 rings (SSSR count). The van der Waals surface area contributed by atoms with E-state index in [9.17, 15) is 8.42 Å². The second kappa shape index (κ2) is 2.60. The van der Waals surface area contributed by atoms with Gasteiger partial charge in [0.2, 0.25) is 0 Å². The molecule has 0 atom stereocenters. The maximum Gasteiger partial charge on any atom is 0.398 e. The van der Waals surface area contributed by atoms with Gasteiger partial charge >= 0.3 is 10.2 Å². The van der Waals surface area contributed by atoms with Crippen LogP contribution in [0.5, 0.6) is 0 Å². The highest BCUT2D eigenvalue weighted by molar-refractivity contribution is 7.83. The predicted molar refractivity (Wildman–Crippen MR) is 34.5 cm³/mol. The third kappa shape index (κ3) is 1.48. The van der Waals surface area contributed by atoms with Crippen LogP contribution in [0.15, 0.2) is 23.2 Å². The monoisotopic (exact) mass is 174 g/mol. The van der Waals surface area contributed by atoms with Crippen molar-refractivity contribution < 1.29 is 12.4 Å². The Morgan fingerprint density at radius 1 is 1.64 bits per heavy atom. The van der Waals surface area contributed by atoms with Gasteiger partial charge in [0.15, 0.2) is 0 Å². The van der Waals surface area contributed by atoms with Crippen LogP contribution >= 0.6 is 0 Å². The van der Waals surface area contributed by atoms with Crippen molar-refractivity contribution >= 4 is 10.2 Å². The van der Waals surface area contributed by atoms with Gasteiger partial charge in [0.25, 0.3) is 6.33 Å². The summed E-state index contributed by atoms with van der Waals surface area (Å²) >= 11 is 0. The molecular formula is C3H4N5O2S+. The maximum absolute atomic E-state index is 10.8. The van der Waals surface area contributed by atoms with Gasteiger partial charge in [0, 0.05) is 4.91 Å². The van der Waals surface area contributed by atoms with Crippen LogP contribution in [0, 0.1) is 0 Å². The molecule has 58 valence electrons. The first kappa shape index (κ1) is 7.58. The van der Waals surface area contributed by atoms with Crippen LogP contribution in [0.1, 0.15) is 0 Å². The zero-order valence-electron chi connectivity index (χ0n) is 5.25. The molecule has 0 aliphatic carbocycles. The Labute approximate surface area is 62.1 Å². The van der Waals surface area contributed by atoms with Crippen molar-refractivity contribution in [1.29, 1.82) is 0 Å². The summed E-state index contributed by atoms with van der Waals surface area (Å²) in [7, 11) is -3.87. The van der Waals surface area contributed by atoms with E-state index < -0.39 is 10.2 Å². The number of azide groups is 1. The first-order valence-electron chi connectivity index (χ1n) is 2.53. The summed E-state index contributed by atoms with van der Waals surface area (Å²) < 4.78 is 25.0. The minimum atomic E-state index is -3.87. The molecule has 1 aromatic rings. The Bertz CT molecular complexity index is 372. The second-order valence-electron chi connectivity index (χ2n) is 1.59. The summed E-state index contributed by atoms with van der Waals surface area (Å²) in [5, 5.41) is 0. The van der Waals surface area contributed by atoms with Crippen LogP contribution in [0.3, 0.4) is 0 Å². The van der Waals surface area contributed by atoms with Gasteiger partial charge in [-0.1, -0.05) is 0 Å². The molecule has 0 radical (unpaired) electrons. The maximum atomic E-state index is 10.8. The van der Waals surface area contributed by atoms with E-state index in [1.807, 2.05) is 0 Å². The number of nitrogens with zero attached hydrogens (tertiary/aromatic N) is 4. The molecule has 0 bridgehead atoms. The Hall–Kier alpha value is -1.53. The third-order valence-corrected chi connectivity index (χ3v) is 1.96. The summed E-state index contributed by atoms with van der Waals surface area (Å²) in [5.74, 6) is 0. The Kier molecular flexibility index (Phi) is 1.79. The summed E-state index contributed by atoms with van der Waals surface area (Å²) in [6.07, 6.45) is 3.78. The van der Waals surface area contributed by atoms with Crippen LogP contribution in [-0.4, -0.2) is 13.4 Å². The number of rotatable bonds is 2. The molecule has 0 aromatic carbocycles. The van der Waals surface area contributed by atoms with Gasteiger partial charge in [-0.05, 0) is 5.53 Å². The van der Waals surface area contributed by atoms with Gasteiger partial charge in [0.05, 0.1) is 4.52 Å². The van der Waals surface area contributed by atoms with Crippen LogP contribution in [0.4, 0.5) is 0 Å². The molecule has 1 N–H and O–H groups in total. The van der Waals surface area contributed by atoms with Gasteiger partial charge in [-0.3, -0.25) is 0 Å². The molecule has 8 heteroatoms. The minimum Gasteiger partial charge on any atom is -0.249 e. The van der Waals surface area contributed by atoms with Crippen molar-refractivity contribution in [2.75, 3.05) is 0 Å². The molecule has 0 saturated heterocycles. The third-order valence-electron chi connectivity index (χ3n) is 0.926. The average molecular weight is 174 g/mol. The van der Waals surface area contributed by atoms with Crippen molar-refractivity contribution in [3.8, 4) is 0 Å². The lowest BCUT2D eigenvalue weighted by atomic mass is 11.0. The predicted octanol–water partition coefficient (Wildman–Crippen LogP) is -0.295. The average Bonchev–Trinajstić information content (AvgIpc) is 2.37. The fourth-order valence-electron chi connectivity index (χ4n) is 0.508. The summed E-state index contributed by atoms with van der Waals surface area (Å²) in [6, 6.07) is 0. The quantitative estimate of drug-likeness (QED) is 0.288.